The number of rotatable bonds is 5. The van der Waals surface area contributed by atoms with Crippen molar-refractivity contribution in [3.05, 3.63) is 64.6 Å². The lowest BCUT2D eigenvalue weighted by Gasteiger charge is -2.08. The van der Waals surface area contributed by atoms with Crippen LogP contribution in [0.4, 0.5) is 4.39 Å². The van der Waals surface area contributed by atoms with E-state index in [1.807, 2.05) is 37.3 Å². The Kier molecular flexibility index (Phi) is 6.00. The maximum absolute atomic E-state index is 12.8. The Balaban J connectivity index is 0.00000240. The minimum absolute atomic E-state index is 0. The number of aromatic nitrogens is 4. The van der Waals surface area contributed by atoms with Crippen LogP contribution in [0.5, 0.6) is 11.5 Å². The molecule has 1 aliphatic rings. The molecule has 152 valence electrons. The van der Waals surface area contributed by atoms with Crippen molar-refractivity contribution in [2.45, 2.75) is 13.5 Å². The summed E-state index contributed by atoms with van der Waals surface area (Å²) in [4.78, 5) is 17.3. The fourth-order valence-corrected chi connectivity index (χ4v) is 2.91. The molecule has 1 aromatic carbocycles. The molecule has 2 N–H and O–H groups in total. The largest absolute Gasteiger partial charge is 0.454 e. The van der Waals surface area contributed by atoms with E-state index < -0.39 is 5.69 Å². The first kappa shape index (κ1) is 20.6. The second-order valence-electron chi connectivity index (χ2n) is 6.32. The number of ether oxygens (including phenoxy) is 2. The smallest absolute Gasteiger partial charge is 0.351 e. The average molecular weight is 420 g/mol. The van der Waals surface area contributed by atoms with Gasteiger partial charge in [-0.15, -0.1) is 12.4 Å². The molecule has 3 aromatic rings. The number of nitrogens with two attached hydrogens (primary N) is 1. The maximum atomic E-state index is 12.8. The lowest BCUT2D eigenvalue weighted by molar-refractivity contribution is 0.174. The highest BCUT2D eigenvalue weighted by atomic mass is 35.5. The predicted molar refractivity (Wildman–Crippen MR) is 107 cm³/mol. The van der Waals surface area contributed by atoms with E-state index in [0.29, 0.717) is 29.3 Å². The van der Waals surface area contributed by atoms with Crippen LogP contribution in [0.2, 0.25) is 0 Å². The summed E-state index contributed by atoms with van der Waals surface area (Å²) in [5.41, 5.74) is 7.60. The molecule has 4 rings (SSSR count). The third-order valence-corrected chi connectivity index (χ3v) is 4.47. The monoisotopic (exact) mass is 419 g/mol. The van der Waals surface area contributed by atoms with Gasteiger partial charge in [0.15, 0.2) is 11.5 Å². The Bertz CT molecular complexity index is 1130. The topological polar surface area (TPSA) is 97.2 Å². The Morgan fingerprint density at radius 3 is 2.83 bits per heavy atom. The van der Waals surface area contributed by atoms with Crippen molar-refractivity contribution in [1.82, 2.24) is 19.3 Å². The van der Waals surface area contributed by atoms with Crippen LogP contribution in [0.25, 0.3) is 17.1 Å². The lowest BCUT2D eigenvalue weighted by atomic mass is 10.1. The van der Waals surface area contributed by atoms with Crippen LogP contribution in [-0.4, -0.2) is 32.7 Å². The summed E-state index contributed by atoms with van der Waals surface area (Å²) in [6.07, 6.45) is 1.77. The standard InChI is InChI=1S/C19H18FN5O3.ClH/c1-12-2-4-15(14-3-5-16-17(6-14)28-11-27-16)23-18(12)24-10-22-25(19(24)26)9-13(7-20)8-21;/h2-7,10H,8-9,11,21H2,1H3;1H/b13-7+;. The number of aryl methyl sites for hydroxylation is 1. The van der Waals surface area contributed by atoms with Crippen molar-refractivity contribution in [3.63, 3.8) is 0 Å². The first-order valence-corrected chi connectivity index (χ1v) is 8.61. The van der Waals surface area contributed by atoms with E-state index in [9.17, 15) is 9.18 Å². The Morgan fingerprint density at radius 1 is 1.28 bits per heavy atom. The van der Waals surface area contributed by atoms with Crippen molar-refractivity contribution in [1.29, 1.82) is 0 Å². The van der Waals surface area contributed by atoms with Gasteiger partial charge in [0.25, 0.3) is 0 Å². The van der Waals surface area contributed by atoms with Crippen molar-refractivity contribution in [2.75, 3.05) is 13.3 Å². The third-order valence-electron chi connectivity index (χ3n) is 4.47. The number of hydrogen-bond acceptors (Lipinski definition) is 6. The van der Waals surface area contributed by atoms with Gasteiger partial charge in [0.05, 0.1) is 18.6 Å². The van der Waals surface area contributed by atoms with Crippen LogP contribution >= 0.6 is 12.4 Å². The van der Waals surface area contributed by atoms with Gasteiger partial charge < -0.3 is 15.2 Å². The molecule has 2 aromatic heterocycles. The molecule has 0 bridgehead atoms. The average Bonchev–Trinajstić information content (AvgIpc) is 3.32. The van der Waals surface area contributed by atoms with E-state index in [1.165, 1.54) is 10.9 Å². The number of halogens is 2. The Hall–Kier alpha value is -3.17. The van der Waals surface area contributed by atoms with Gasteiger partial charge in [-0.25, -0.2) is 23.4 Å². The van der Waals surface area contributed by atoms with Gasteiger partial charge in [-0.05, 0) is 42.3 Å². The molecule has 8 nitrogen and oxygen atoms in total. The summed E-state index contributed by atoms with van der Waals surface area (Å²) in [6, 6.07) is 9.28. The normalized spacial score (nSPS) is 12.7. The second-order valence-corrected chi connectivity index (χ2v) is 6.32. The van der Waals surface area contributed by atoms with E-state index in [2.05, 4.69) is 10.1 Å². The minimum Gasteiger partial charge on any atom is -0.454 e. The molecule has 3 heterocycles. The zero-order chi connectivity index (χ0) is 19.7. The van der Waals surface area contributed by atoms with Gasteiger partial charge in [-0.2, -0.15) is 5.10 Å². The van der Waals surface area contributed by atoms with E-state index in [4.69, 9.17) is 15.2 Å². The van der Waals surface area contributed by atoms with Gasteiger partial charge in [-0.1, -0.05) is 6.07 Å². The predicted octanol–water partition coefficient (Wildman–Crippen LogP) is 2.37. The number of hydrogen-bond donors (Lipinski definition) is 1. The first-order valence-electron chi connectivity index (χ1n) is 8.61. The van der Waals surface area contributed by atoms with Gasteiger partial charge in [0.1, 0.15) is 12.1 Å². The number of fused-ring (bicyclic) bond motifs is 1. The minimum atomic E-state index is -0.425. The van der Waals surface area contributed by atoms with E-state index in [0.717, 1.165) is 15.8 Å². The summed E-state index contributed by atoms with van der Waals surface area (Å²) in [7, 11) is 0. The highest BCUT2D eigenvalue weighted by Gasteiger charge is 2.16. The highest BCUT2D eigenvalue weighted by Crippen LogP contribution is 2.35. The number of benzene rings is 1. The molecule has 0 amide bonds. The molecule has 0 atom stereocenters. The van der Waals surface area contributed by atoms with Crippen LogP contribution < -0.4 is 20.9 Å². The lowest BCUT2D eigenvalue weighted by Crippen LogP contribution is -2.26. The number of pyridine rings is 1. The van der Waals surface area contributed by atoms with Crippen molar-refractivity contribution in [2.24, 2.45) is 5.73 Å². The van der Waals surface area contributed by atoms with E-state index >= 15 is 0 Å². The van der Waals surface area contributed by atoms with E-state index in [-0.39, 0.29) is 37.9 Å². The number of nitrogens with zero attached hydrogens (tertiary/aromatic N) is 4. The van der Waals surface area contributed by atoms with Crippen LogP contribution in [0.1, 0.15) is 5.56 Å². The van der Waals surface area contributed by atoms with Crippen LogP contribution in [0.3, 0.4) is 0 Å². The second kappa shape index (κ2) is 8.46. The molecule has 0 radical (unpaired) electrons. The summed E-state index contributed by atoms with van der Waals surface area (Å²) < 4.78 is 26.0. The molecular formula is C19H19ClFN5O3. The van der Waals surface area contributed by atoms with Crippen molar-refractivity contribution < 1.29 is 13.9 Å². The Labute approximate surface area is 171 Å². The summed E-state index contributed by atoms with van der Waals surface area (Å²) >= 11 is 0. The van der Waals surface area contributed by atoms with Gasteiger partial charge >= 0.3 is 5.69 Å². The summed E-state index contributed by atoms with van der Waals surface area (Å²) in [5.74, 6) is 1.79. The quantitative estimate of drug-likeness (QED) is 0.681. The molecule has 0 fully saturated rings. The first-order chi connectivity index (χ1) is 13.6. The molecule has 10 heteroatoms. The zero-order valence-electron chi connectivity index (χ0n) is 15.5. The summed E-state index contributed by atoms with van der Waals surface area (Å²) in [5, 5.41) is 4.05. The van der Waals surface area contributed by atoms with E-state index in [1.54, 1.807) is 0 Å². The fourth-order valence-electron chi connectivity index (χ4n) is 2.91. The van der Waals surface area contributed by atoms with Crippen molar-refractivity contribution >= 4 is 12.4 Å². The third kappa shape index (κ3) is 3.87. The van der Waals surface area contributed by atoms with Crippen LogP contribution in [-0.2, 0) is 6.54 Å². The SMILES string of the molecule is Cc1ccc(-c2ccc3c(c2)OCO3)nc1-n1cnn(C/C(=C/F)CN)c1=O.Cl. The molecule has 29 heavy (non-hydrogen) atoms. The fraction of sp³-hybridized carbons (Fsp3) is 0.211. The molecule has 0 aliphatic carbocycles. The highest BCUT2D eigenvalue weighted by molar-refractivity contribution is 5.85. The molecule has 0 saturated heterocycles. The molecule has 0 unspecified atom stereocenters. The van der Waals surface area contributed by atoms with Gasteiger partial charge in [0, 0.05) is 12.1 Å². The molecule has 0 saturated carbocycles. The van der Waals surface area contributed by atoms with Gasteiger partial charge in [0.2, 0.25) is 6.79 Å². The maximum Gasteiger partial charge on any atom is 0.351 e. The van der Waals surface area contributed by atoms with Crippen LogP contribution in [0.15, 0.2) is 53.4 Å². The molecular weight excluding hydrogens is 401 g/mol. The zero-order valence-corrected chi connectivity index (χ0v) is 16.4. The summed E-state index contributed by atoms with van der Waals surface area (Å²) in [6.45, 7) is 2.03. The van der Waals surface area contributed by atoms with Crippen molar-refractivity contribution in [3.8, 4) is 28.6 Å². The molecule has 0 spiro atoms. The van der Waals surface area contributed by atoms with Crippen LogP contribution in [0, 0.1) is 6.92 Å². The molecule has 1 aliphatic heterocycles. The van der Waals surface area contributed by atoms with Gasteiger partial charge in [-0.3, -0.25) is 0 Å². The Morgan fingerprint density at radius 2 is 2.07 bits per heavy atom.